The van der Waals surface area contributed by atoms with Crippen molar-refractivity contribution >= 4 is 22.8 Å². The van der Waals surface area contributed by atoms with Crippen molar-refractivity contribution < 1.29 is 33.6 Å². The van der Waals surface area contributed by atoms with E-state index >= 15 is 0 Å². The van der Waals surface area contributed by atoms with Gasteiger partial charge in [0.15, 0.2) is 5.60 Å². The van der Waals surface area contributed by atoms with E-state index in [4.69, 9.17) is 23.7 Å². The molecule has 0 saturated heterocycles. The average Bonchev–Trinajstić information content (AvgIpc) is 3.38. The Labute approximate surface area is 298 Å². The molecule has 1 heterocycles. The van der Waals surface area contributed by atoms with Crippen LogP contribution in [-0.4, -0.2) is 44.6 Å². The van der Waals surface area contributed by atoms with E-state index in [1.807, 2.05) is 36.4 Å². The highest BCUT2D eigenvalue weighted by atomic mass is 16.6. The number of carbonyl (C=O) groups is 1. The number of phenolic OH excluding ortho intramolecular Hbond substituents is 1. The van der Waals surface area contributed by atoms with Crippen LogP contribution in [0.4, 0.5) is 0 Å². The summed E-state index contributed by atoms with van der Waals surface area (Å²) in [6.45, 7) is 12.6. The fourth-order valence-electron chi connectivity index (χ4n) is 7.34. The highest BCUT2D eigenvalue weighted by Crippen LogP contribution is 2.58. The molecule has 0 spiro atoms. The number of aryl methyl sites for hydroxylation is 2. The van der Waals surface area contributed by atoms with Crippen LogP contribution in [0.5, 0.6) is 17.2 Å². The van der Waals surface area contributed by atoms with Gasteiger partial charge in [-0.05, 0) is 86.2 Å². The summed E-state index contributed by atoms with van der Waals surface area (Å²) >= 11 is 0. The maximum atomic E-state index is 11.7. The number of hydrogen-bond donors (Lipinski definition) is 1. The molecule has 5 aromatic rings. The number of fused-ring (bicyclic) bond motifs is 8. The molecule has 0 aromatic heterocycles. The van der Waals surface area contributed by atoms with Gasteiger partial charge in [0.1, 0.15) is 29.5 Å². The molecule has 0 bridgehead atoms. The van der Waals surface area contributed by atoms with Crippen molar-refractivity contribution in [2.75, 3.05) is 33.5 Å². The summed E-state index contributed by atoms with van der Waals surface area (Å²) < 4.78 is 30.8. The van der Waals surface area contributed by atoms with E-state index in [0.717, 1.165) is 72.3 Å². The molecule has 0 radical (unpaired) electrons. The third-order valence-corrected chi connectivity index (χ3v) is 9.88. The van der Waals surface area contributed by atoms with Gasteiger partial charge in [0, 0.05) is 33.2 Å². The first-order valence-corrected chi connectivity index (χ1v) is 17.1. The SMILES string of the molecule is C=C(C)C(=O)OCCOCCOC1(C)c2cc(C)ccc2-c2c1c1c(c3cc(C)ccc23)OC(c2ccc(O)cc2)(c2ccc(OC)cc2)C=C1. The minimum Gasteiger partial charge on any atom is -0.508 e. The number of phenols is 1. The van der Waals surface area contributed by atoms with Crippen molar-refractivity contribution in [3.05, 3.63) is 142 Å². The quantitative estimate of drug-likeness (QED) is 0.0846. The molecular weight excluding hydrogens is 640 g/mol. The van der Waals surface area contributed by atoms with Crippen molar-refractivity contribution in [3.8, 4) is 28.4 Å². The largest absolute Gasteiger partial charge is 0.508 e. The lowest BCUT2D eigenvalue weighted by Crippen LogP contribution is -2.35. The van der Waals surface area contributed by atoms with Crippen LogP contribution < -0.4 is 9.47 Å². The summed E-state index contributed by atoms with van der Waals surface area (Å²) in [6.07, 6.45) is 4.28. The van der Waals surface area contributed by atoms with Crippen LogP contribution in [0.25, 0.3) is 28.0 Å². The Balaban J connectivity index is 1.35. The predicted molar refractivity (Wildman–Crippen MR) is 199 cm³/mol. The van der Waals surface area contributed by atoms with E-state index in [1.165, 1.54) is 0 Å². The number of ether oxygens (including phenoxy) is 5. The van der Waals surface area contributed by atoms with Crippen molar-refractivity contribution in [2.45, 2.75) is 38.9 Å². The summed E-state index contributed by atoms with van der Waals surface area (Å²) in [5, 5.41) is 12.3. The maximum Gasteiger partial charge on any atom is 0.333 e. The van der Waals surface area contributed by atoms with Crippen LogP contribution in [0.2, 0.25) is 0 Å². The van der Waals surface area contributed by atoms with Gasteiger partial charge < -0.3 is 28.8 Å². The summed E-state index contributed by atoms with van der Waals surface area (Å²) in [4.78, 5) is 11.7. The first-order valence-electron chi connectivity index (χ1n) is 17.1. The Morgan fingerprint density at radius 1 is 0.843 bits per heavy atom. The van der Waals surface area contributed by atoms with Gasteiger partial charge in [-0.3, -0.25) is 0 Å². The van der Waals surface area contributed by atoms with E-state index in [1.54, 1.807) is 26.2 Å². The van der Waals surface area contributed by atoms with Gasteiger partial charge in [-0.25, -0.2) is 4.79 Å². The summed E-state index contributed by atoms with van der Waals surface area (Å²) in [5.74, 6) is 1.26. The number of methoxy groups -OCH3 is 1. The zero-order valence-electron chi connectivity index (χ0n) is 29.7. The number of esters is 1. The highest BCUT2D eigenvalue weighted by molar-refractivity contribution is 6.08. The first kappa shape index (κ1) is 34.1. The fraction of sp³-hybridized carbons (Fsp3) is 0.250. The zero-order valence-corrected chi connectivity index (χ0v) is 29.7. The van der Waals surface area contributed by atoms with E-state index in [9.17, 15) is 9.90 Å². The Kier molecular flexibility index (Phi) is 8.96. The Morgan fingerprint density at radius 2 is 1.51 bits per heavy atom. The second kappa shape index (κ2) is 13.4. The van der Waals surface area contributed by atoms with Crippen LogP contribution in [0.1, 0.15) is 52.8 Å². The van der Waals surface area contributed by atoms with Gasteiger partial charge in [-0.15, -0.1) is 0 Å². The van der Waals surface area contributed by atoms with Crippen LogP contribution in [0.3, 0.4) is 0 Å². The predicted octanol–water partition coefficient (Wildman–Crippen LogP) is 8.92. The molecule has 260 valence electrons. The third kappa shape index (κ3) is 5.96. The highest BCUT2D eigenvalue weighted by Gasteiger charge is 2.47. The lowest BCUT2D eigenvalue weighted by molar-refractivity contribution is -0.140. The van der Waals surface area contributed by atoms with Crippen LogP contribution >= 0.6 is 0 Å². The van der Waals surface area contributed by atoms with Crippen molar-refractivity contribution in [1.29, 1.82) is 0 Å². The molecule has 1 N–H and O–H groups in total. The molecule has 7 heteroatoms. The minimum absolute atomic E-state index is 0.145. The average molecular weight is 683 g/mol. The molecule has 1 aliphatic carbocycles. The van der Waals surface area contributed by atoms with Gasteiger partial charge in [0.25, 0.3) is 0 Å². The maximum absolute atomic E-state index is 11.7. The molecule has 7 rings (SSSR count). The van der Waals surface area contributed by atoms with Crippen molar-refractivity contribution in [3.63, 3.8) is 0 Å². The van der Waals surface area contributed by atoms with E-state index in [0.29, 0.717) is 18.8 Å². The smallest absolute Gasteiger partial charge is 0.333 e. The fourth-order valence-corrected chi connectivity index (χ4v) is 7.34. The Hall–Kier alpha value is -5.37. The van der Waals surface area contributed by atoms with Crippen LogP contribution in [0, 0.1) is 13.8 Å². The standard InChI is InChI=1S/C44H42O7/c1-27(2)42(46)49-23-21-48-22-24-50-43(5)38-26-29(4)8-18-35(38)39-34-17-7-28(3)25-37(34)41-36(40(39)43)19-20-44(51-41,30-9-13-32(45)14-10-30)31-11-15-33(47-6)16-12-31/h7-20,25-26,45H,1,21-24H2,2-6H3. The molecule has 2 atom stereocenters. The first-order chi connectivity index (χ1) is 24.6. The number of rotatable bonds is 11. The van der Waals surface area contributed by atoms with Crippen LogP contribution in [0.15, 0.2) is 103 Å². The van der Waals surface area contributed by atoms with E-state index in [-0.39, 0.29) is 19.0 Å². The van der Waals surface area contributed by atoms with Gasteiger partial charge in [-0.2, -0.15) is 0 Å². The lowest BCUT2D eigenvalue weighted by atomic mass is 9.80. The second-order valence-corrected chi connectivity index (χ2v) is 13.4. The van der Waals surface area contributed by atoms with Gasteiger partial charge >= 0.3 is 5.97 Å². The number of benzene rings is 5. The Bertz CT molecular complexity index is 2180. The molecular formula is C44H42O7. The normalized spacial score (nSPS) is 18.5. The minimum atomic E-state index is -1.00. The molecule has 0 saturated carbocycles. The molecule has 51 heavy (non-hydrogen) atoms. The van der Waals surface area contributed by atoms with E-state index < -0.39 is 17.2 Å². The van der Waals surface area contributed by atoms with Gasteiger partial charge in [-0.1, -0.05) is 78.4 Å². The molecule has 2 aliphatic rings. The van der Waals surface area contributed by atoms with E-state index in [2.05, 4.69) is 75.9 Å². The van der Waals surface area contributed by atoms with Gasteiger partial charge in [0.2, 0.25) is 0 Å². The molecule has 0 amide bonds. The molecule has 5 aromatic carbocycles. The molecule has 0 fully saturated rings. The lowest BCUT2D eigenvalue weighted by Gasteiger charge is -2.39. The van der Waals surface area contributed by atoms with Crippen molar-refractivity contribution in [2.24, 2.45) is 0 Å². The number of hydrogen-bond acceptors (Lipinski definition) is 7. The Morgan fingerprint density at radius 3 is 2.22 bits per heavy atom. The second-order valence-electron chi connectivity index (χ2n) is 13.4. The topological polar surface area (TPSA) is 83.5 Å². The number of aromatic hydroxyl groups is 1. The van der Waals surface area contributed by atoms with Crippen LogP contribution in [-0.2, 0) is 30.2 Å². The zero-order chi connectivity index (χ0) is 35.9. The monoisotopic (exact) mass is 682 g/mol. The summed E-state index contributed by atoms with van der Waals surface area (Å²) in [7, 11) is 1.65. The summed E-state index contributed by atoms with van der Waals surface area (Å²) in [6, 6.07) is 28.2. The van der Waals surface area contributed by atoms with Crippen molar-refractivity contribution in [1.82, 2.24) is 0 Å². The van der Waals surface area contributed by atoms with Gasteiger partial charge in [0.05, 0.1) is 26.9 Å². The third-order valence-electron chi connectivity index (χ3n) is 9.88. The molecule has 1 aliphatic heterocycles. The molecule has 2 unspecified atom stereocenters. The molecule has 7 nitrogen and oxygen atoms in total. The summed E-state index contributed by atoms with van der Waals surface area (Å²) in [5.41, 5.74) is 7.90. The number of carbonyl (C=O) groups excluding carboxylic acids is 1.